The normalized spacial score (nSPS) is 10.4. The Morgan fingerprint density at radius 2 is 2.14 bits per heavy atom. The van der Waals surface area contributed by atoms with E-state index in [4.69, 9.17) is 5.73 Å². The van der Waals surface area contributed by atoms with E-state index < -0.39 is 0 Å². The Balaban J connectivity index is 2.42. The average molecular weight is 213 g/mol. The second-order valence-corrected chi connectivity index (χ2v) is 4.40. The van der Waals surface area contributed by atoms with Crippen molar-refractivity contribution in [3.63, 3.8) is 0 Å². The standard InChI is InChI=1S/C11H16FNS/c1-2-3-4-14-8-9-5-10(12)7-11(13)6-9/h5-7H,2-4,8,13H2,1H3. The third kappa shape index (κ3) is 4.01. The first kappa shape index (κ1) is 11.4. The first-order chi connectivity index (χ1) is 6.72. The zero-order valence-corrected chi connectivity index (χ0v) is 9.24. The summed E-state index contributed by atoms with van der Waals surface area (Å²) in [4.78, 5) is 0. The lowest BCUT2D eigenvalue weighted by molar-refractivity contribution is 0.627. The van der Waals surface area contributed by atoms with Gasteiger partial charge in [0.05, 0.1) is 0 Å². The first-order valence-corrected chi connectivity index (χ1v) is 6.00. The van der Waals surface area contributed by atoms with Crippen LogP contribution in [0.3, 0.4) is 0 Å². The molecule has 14 heavy (non-hydrogen) atoms. The number of rotatable bonds is 5. The van der Waals surface area contributed by atoms with Gasteiger partial charge in [0, 0.05) is 11.4 Å². The zero-order valence-electron chi connectivity index (χ0n) is 8.42. The van der Waals surface area contributed by atoms with Gasteiger partial charge in [0.2, 0.25) is 0 Å². The molecule has 0 aliphatic carbocycles. The molecule has 0 unspecified atom stereocenters. The third-order valence-electron chi connectivity index (χ3n) is 1.89. The lowest BCUT2D eigenvalue weighted by Crippen LogP contribution is -1.90. The van der Waals surface area contributed by atoms with E-state index in [0.717, 1.165) is 17.1 Å². The van der Waals surface area contributed by atoms with Crippen LogP contribution < -0.4 is 5.73 Å². The van der Waals surface area contributed by atoms with E-state index in [1.165, 1.54) is 18.9 Å². The summed E-state index contributed by atoms with van der Waals surface area (Å²) < 4.78 is 12.9. The highest BCUT2D eigenvalue weighted by Crippen LogP contribution is 2.17. The van der Waals surface area contributed by atoms with Gasteiger partial charge >= 0.3 is 0 Å². The number of unbranched alkanes of at least 4 members (excludes halogenated alkanes) is 1. The van der Waals surface area contributed by atoms with Crippen molar-refractivity contribution in [3.05, 3.63) is 29.6 Å². The minimum absolute atomic E-state index is 0.240. The zero-order chi connectivity index (χ0) is 10.4. The molecule has 0 bridgehead atoms. The molecule has 0 heterocycles. The Labute approximate surface area is 88.9 Å². The number of nitrogen functional groups attached to an aromatic ring is 1. The summed E-state index contributed by atoms with van der Waals surface area (Å²) in [6.07, 6.45) is 2.42. The van der Waals surface area contributed by atoms with Gasteiger partial charge in [-0.05, 0) is 35.9 Å². The van der Waals surface area contributed by atoms with Crippen molar-refractivity contribution >= 4 is 17.4 Å². The first-order valence-electron chi connectivity index (χ1n) is 4.85. The smallest absolute Gasteiger partial charge is 0.125 e. The van der Waals surface area contributed by atoms with Gasteiger partial charge in [-0.3, -0.25) is 0 Å². The molecule has 0 aliphatic heterocycles. The van der Waals surface area contributed by atoms with Gasteiger partial charge in [0.25, 0.3) is 0 Å². The van der Waals surface area contributed by atoms with Gasteiger partial charge in [0.1, 0.15) is 5.82 Å². The number of nitrogens with two attached hydrogens (primary N) is 1. The molecular weight excluding hydrogens is 197 g/mol. The van der Waals surface area contributed by atoms with Crippen molar-refractivity contribution in [2.45, 2.75) is 25.5 Å². The van der Waals surface area contributed by atoms with Crippen LogP contribution >= 0.6 is 11.8 Å². The fourth-order valence-corrected chi connectivity index (χ4v) is 2.23. The largest absolute Gasteiger partial charge is 0.399 e. The molecule has 0 aliphatic rings. The quantitative estimate of drug-likeness (QED) is 0.599. The summed E-state index contributed by atoms with van der Waals surface area (Å²) in [5, 5.41) is 0. The topological polar surface area (TPSA) is 26.0 Å². The minimum Gasteiger partial charge on any atom is -0.399 e. The van der Waals surface area contributed by atoms with E-state index in [2.05, 4.69) is 6.92 Å². The van der Waals surface area contributed by atoms with E-state index in [9.17, 15) is 4.39 Å². The van der Waals surface area contributed by atoms with Crippen LogP contribution in [0.2, 0.25) is 0 Å². The van der Waals surface area contributed by atoms with Crippen LogP contribution in [-0.2, 0) is 5.75 Å². The van der Waals surface area contributed by atoms with E-state index in [-0.39, 0.29) is 5.82 Å². The third-order valence-corrected chi connectivity index (χ3v) is 3.01. The maximum atomic E-state index is 12.9. The van der Waals surface area contributed by atoms with Crippen LogP contribution in [0.4, 0.5) is 10.1 Å². The summed E-state index contributed by atoms with van der Waals surface area (Å²) in [6.45, 7) is 2.17. The van der Waals surface area contributed by atoms with Crippen molar-refractivity contribution in [2.24, 2.45) is 0 Å². The number of hydrogen-bond acceptors (Lipinski definition) is 2. The molecule has 0 saturated carbocycles. The predicted octanol–water partition coefficient (Wildman–Crippen LogP) is 3.44. The predicted molar refractivity (Wildman–Crippen MR) is 61.9 cm³/mol. The highest BCUT2D eigenvalue weighted by molar-refractivity contribution is 7.98. The van der Waals surface area contributed by atoms with Crippen LogP contribution in [0.5, 0.6) is 0 Å². The number of benzene rings is 1. The number of thioether (sulfide) groups is 1. The molecule has 0 spiro atoms. The fourth-order valence-electron chi connectivity index (χ4n) is 1.20. The molecule has 2 N–H and O–H groups in total. The molecule has 1 nitrogen and oxygen atoms in total. The summed E-state index contributed by atoms with van der Waals surface area (Å²) in [5.74, 6) is 1.74. The van der Waals surface area contributed by atoms with Crippen molar-refractivity contribution in [1.29, 1.82) is 0 Å². The highest BCUT2D eigenvalue weighted by Gasteiger charge is 1.98. The van der Waals surface area contributed by atoms with Crippen molar-refractivity contribution in [2.75, 3.05) is 11.5 Å². The number of anilines is 1. The maximum absolute atomic E-state index is 12.9. The van der Waals surface area contributed by atoms with Gasteiger partial charge < -0.3 is 5.73 Å². The molecule has 0 amide bonds. The molecule has 0 atom stereocenters. The summed E-state index contributed by atoms with van der Waals surface area (Å²) in [5.41, 5.74) is 7.03. The molecule has 3 heteroatoms. The fraction of sp³-hybridized carbons (Fsp3) is 0.455. The average Bonchev–Trinajstić information content (AvgIpc) is 2.11. The Morgan fingerprint density at radius 1 is 1.36 bits per heavy atom. The monoisotopic (exact) mass is 213 g/mol. The highest BCUT2D eigenvalue weighted by atomic mass is 32.2. The van der Waals surface area contributed by atoms with E-state index in [1.54, 1.807) is 6.07 Å². The summed E-state index contributed by atoms with van der Waals surface area (Å²) in [6, 6.07) is 4.73. The summed E-state index contributed by atoms with van der Waals surface area (Å²) >= 11 is 1.83. The molecule has 0 fully saturated rings. The number of halogens is 1. The molecule has 78 valence electrons. The van der Waals surface area contributed by atoms with Crippen LogP contribution in [-0.4, -0.2) is 5.75 Å². The molecule has 0 aromatic heterocycles. The van der Waals surface area contributed by atoms with Gasteiger partial charge in [-0.25, -0.2) is 4.39 Å². The van der Waals surface area contributed by atoms with E-state index in [0.29, 0.717) is 5.69 Å². The van der Waals surface area contributed by atoms with Gasteiger partial charge in [-0.2, -0.15) is 11.8 Å². The number of hydrogen-bond donors (Lipinski definition) is 1. The van der Waals surface area contributed by atoms with Crippen molar-refractivity contribution in [1.82, 2.24) is 0 Å². The second-order valence-electron chi connectivity index (χ2n) is 3.30. The molecule has 1 rings (SSSR count). The van der Waals surface area contributed by atoms with Crippen molar-refractivity contribution < 1.29 is 4.39 Å². The second kappa shape index (κ2) is 5.91. The van der Waals surface area contributed by atoms with Gasteiger partial charge in [-0.15, -0.1) is 0 Å². The van der Waals surface area contributed by atoms with Gasteiger partial charge in [-0.1, -0.05) is 13.3 Å². The van der Waals surface area contributed by atoms with E-state index in [1.807, 2.05) is 17.8 Å². The Kier molecular flexibility index (Phi) is 4.80. The SMILES string of the molecule is CCCCSCc1cc(N)cc(F)c1. The van der Waals surface area contributed by atoms with Crippen molar-refractivity contribution in [3.8, 4) is 0 Å². The van der Waals surface area contributed by atoms with E-state index >= 15 is 0 Å². The molecule has 0 radical (unpaired) electrons. The Bertz CT molecular complexity index is 268. The molecular formula is C11H16FNS. The minimum atomic E-state index is -0.240. The molecule has 0 saturated heterocycles. The van der Waals surface area contributed by atoms with Crippen LogP contribution in [0.15, 0.2) is 18.2 Å². The summed E-state index contributed by atoms with van der Waals surface area (Å²) in [7, 11) is 0. The van der Waals surface area contributed by atoms with Crippen LogP contribution in [0, 0.1) is 5.82 Å². The maximum Gasteiger partial charge on any atom is 0.125 e. The Morgan fingerprint density at radius 3 is 2.79 bits per heavy atom. The van der Waals surface area contributed by atoms with Gasteiger partial charge in [0.15, 0.2) is 0 Å². The van der Waals surface area contributed by atoms with Crippen LogP contribution in [0.25, 0.3) is 0 Å². The lowest BCUT2D eigenvalue weighted by Gasteiger charge is -2.02. The molecule has 1 aromatic carbocycles. The lowest BCUT2D eigenvalue weighted by atomic mass is 10.2. The molecule has 1 aromatic rings. The Hall–Kier alpha value is -0.700. The van der Waals surface area contributed by atoms with Crippen LogP contribution in [0.1, 0.15) is 25.3 Å².